The molecular formula is C5H6FN2. The number of rotatable bonds is 0. The van der Waals surface area contributed by atoms with Crippen LogP contribution in [0.1, 0.15) is 5.69 Å². The minimum atomic E-state index is -0.368. The van der Waals surface area contributed by atoms with Crippen LogP contribution in [0.25, 0.3) is 0 Å². The highest BCUT2D eigenvalue weighted by molar-refractivity contribution is 4.97. The highest BCUT2D eigenvalue weighted by Crippen LogP contribution is 1.97. The van der Waals surface area contributed by atoms with Crippen molar-refractivity contribution in [2.24, 2.45) is 7.05 Å². The van der Waals surface area contributed by atoms with Gasteiger partial charge < -0.3 is 0 Å². The average molecular weight is 113 g/mol. The van der Waals surface area contributed by atoms with Gasteiger partial charge in [-0.15, -0.1) is 0 Å². The number of nitrogens with zero attached hydrogens (tertiary/aromatic N) is 2. The van der Waals surface area contributed by atoms with Crippen molar-refractivity contribution in [3.63, 3.8) is 0 Å². The fraction of sp³-hybridized carbons (Fsp3) is 0.400. The summed E-state index contributed by atoms with van der Waals surface area (Å²) in [5.74, 6) is -0.368. The molecule has 0 atom stereocenters. The van der Waals surface area contributed by atoms with E-state index in [1.807, 2.05) is 0 Å². The highest BCUT2D eigenvalue weighted by atomic mass is 19.1. The summed E-state index contributed by atoms with van der Waals surface area (Å²) in [6.07, 6.45) is 2.35. The predicted molar refractivity (Wildman–Crippen MR) is 26.7 cm³/mol. The Bertz CT molecular complexity index is 173. The first-order valence-corrected chi connectivity index (χ1v) is 2.28. The molecule has 43 valence electrons. The molecule has 0 fully saturated rings. The second-order valence-electron chi connectivity index (χ2n) is 1.63. The number of halogens is 1. The summed E-state index contributed by atoms with van der Waals surface area (Å²) in [6.45, 7) is 1.60. The van der Waals surface area contributed by atoms with Crippen molar-refractivity contribution in [2.75, 3.05) is 0 Å². The van der Waals surface area contributed by atoms with Gasteiger partial charge >= 0.3 is 0 Å². The van der Waals surface area contributed by atoms with Crippen molar-refractivity contribution >= 4 is 0 Å². The smallest absolute Gasteiger partial charge is 0.173 e. The van der Waals surface area contributed by atoms with Crippen molar-refractivity contribution in [1.82, 2.24) is 9.78 Å². The summed E-state index contributed by atoms with van der Waals surface area (Å²) < 4.78 is 13.5. The minimum absolute atomic E-state index is 0.368. The number of aryl methyl sites for hydroxylation is 2. The maximum Gasteiger partial charge on any atom is 0.173 e. The Morgan fingerprint density at radius 1 is 1.75 bits per heavy atom. The van der Waals surface area contributed by atoms with Crippen LogP contribution in [-0.2, 0) is 7.05 Å². The number of aromatic nitrogens is 2. The van der Waals surface area contributed by atoms with Crippen LogP contribution in [0.15, 0.2) is 0 Å². The Morgan fingerprint density at radius 2 is 2.38 bits per heavy atom. The summed E-state index contributed by atoms with van der Waals surface area (Å²) >= 11 is 0. The maximum absolute atomic E-state index is 12.2. The van der Waals surface area contributed by atoms with Crippen molar-refractivity contribution in [3.05, 3.63) is 17.7 Å². The molecule has 0 saturated heterocycles. The van der Waals surface area contributed by atoms with Gasteiger partial charge in [0.05, 0.1) is 5.69 Å². The van der Waals surface area contributed by atoms with E-state index >= 15 is 0 Å². The summed E-state index contributed by atoms with van der Waals surface area (Å²) in [6, 6.07) is 0. The van der Waals surface area contributed by atoms with Crippen LogP contribution >= 0.6 is 0 Å². The van der Waals surface area contributed by atoms with Crippen molar-refractivity contribution in [2.45, 2.75) is 6.92 Å². The molecule has 1 aromatic heterocycles. The van der Waals surface area contributed by atoms with E-state index < -0.39 is 0 Å². The van der Waals surface area contributed by atoms with E-state index in [0.717, 1.165) is 0 Å². The molecule has 3 heteroatoms. The summed E-state index contributed by atoms with van der Waals surface area (Å²) in [4.78, 5) is 0. The fourth-order valence-corrected chi connectivity index (χ4v) is 0.517. The predicted octanol–water partition coefficient (Wildman–Crippen LogP) is 0.668. The molecular weight excluding hydrogens is 107 g/mol. The lowest BCUT2D eigenvalue weighted by molar-refractivity contribution is 0.614. The van der Waals surface area contributed by atoms with Gasteiger partial charge in [-0.2, -0.15) is 5.10 Å². The summed E-state index contributed by atoms with van der Waals surface area (Å²) in [7, 11) is 1.64. The largest absolute Gasteiger partial charge is 0.263 e. The van der Waals surface area contributed by atoms with Gasteiger partial charge in [0.25, 0.3) is 0 Å². The van der Waals surface area contributed by atoms with E-state index in [9.17, 15) is 4.39 Å². The van der Waals surface area contributed by atoms with Crippen LogP contribution in [0.5, 0.6) is 0 Å². The van der Waals surface area contributed by atoms with E-state index in [1.165, 1.54) is 4.68 Å². The molecule has 0 amide bonds. The minimum Gasteiger partial charge on any atom is -0.263 e. The normalized spacial score (nSPS) is 9.88. The molecule has 1 heterocycles. The Labute approximate surface area is 46.9 Å². The Kier molecular flexibility index (Phi) is 1.04. The average Bonchev–Trinajstić information content (AvgIpc) is 1.85. The lowest BCUT2D eigenvalue weighted by Gasteiger charge is -1.78. The molecule has 0 N–H and O–H groups in total. The van der Waals surface area contributed by atoms with Gasteiger partial charge in [0.1, 0.15) is 6.20 Å². The zero-order valence-corrected chi connectivity index (χ0v) is 4.77. The van der Waals surface area contributed by atoms with Crippen molar-refractivity contribution < 1.29 is 4.39 Å². The monoisotopic (exact) mass is 113 g/mol. The molecule has 1 rings (SSSR count). The van der Waals surface area contributed by atoms with Crippen molar-refractivity contribution in [3.8, 4) is 0 Å². The second-order valence-corrected chi connectivity index (χ2v) is 1.63. The van der Waals surface area contributed by atoms with E-state index in [0.29, 0.717) is 5.69 Å². The number of hydrogen-bond acceptors (Lipinski definition) is 1. The molecule has 0 spiro atoms. The van der Waals surface area contributed by atoms with Gasteiger partial charge in [-0.1, -0.05) is 0 Å². The quantitative estimate of drug-likeness (QED) is 0.483. The molecule has 0 aliphatic rings. The Morgan fingerprint density at radius 3 is 2.50 bits per heavy atom. The third-order valence-corrected chi connectivity index (χ3v) is 0.878. The third-order valence-electron chi connectivity index (χ3n) is 0.878. The maximum atomic E-state index is 12.2. The summed E-state index contributed by atoms with van der Waals surface area (Å²) in [5, 5.41) is 3.70. The molecule has 0 aliphatic heterocycles. The first-order chi connectivity index (χ1) is 3.70. The second kappa shape index (κ2) is 1.58. The zero-order chi connectivity index (χ0) is 6.15. The third kappa shape index (κ3) is 0.710. The number of hydrogen-bond donors (Lipinski definition) is 0. The molecule has 0 aromatic carbocycles. The first-order valence-electron chi connectivity index (χ1n) is 2.28. The van der Waals surface area contributed by atoms with Gasteiger partial charge in [-0.05, 0) is 6.92 Å². The highest BCUT2D eigenvalue weighted by Gasteiger charge is 1.98. The van der Waals surface area contributed by atoms with Crippen LogP contribution in [0.3, 0.4) is 0 Å². The lowest BCUT2D eigenvalue weighted by Crippen LogP contribution is -1.86. The Balaban J connectivity index is 3.14. The van der Waals surface area contributed by atoms with Crippen LogP contribution in [0.4, 0.5) is 4.39 Å². The Hall–Kier alpha value is -0.860. The lowest BCUT2D eigenvalue weighted by atomic mass is 10.5. The molecule has 1 aromatic rings. The standard InChI is InChI=1S/C5H6FN2/c1-4-5(6)3-8(2)7-4/h1-2H3. The van der Waals surface area contributed by atoms with E-state index in [1.54, 1.807) is 14.0 Å². The van der Waals surface area contributed by atoms with Crippen molar-refractivity contribution in [1.29, 1.82) is 0 Å². The van der Waals surface area contributed by atoms with Gasteiger partial charge in [-0.3, -0.25) is 4.68 Å². The van der Waals surface area contributed by atoms with Crippen LogP contribution in [-0.4, -0.2) is 9.78 Å². The van der Waals surface area contributed by atoms with Crippen LogP contribution in [0, 0.1) is 18.9 Å². The van der Waals surface area contributed by atoms with Crippen LogP contribution < -0.4 is 0 Å². The molecule has 0 saturated carbocycles. The van der Waals surface area contributed by atoms with E-state index in [-0.39, 0.29) is 5.82 Å². The zero-order valence-electron chi connectivity index (χ0n) is 4.77. The molecule has 0 aliphatic carbocycles. The molecule has 2 nitrogen and oxygen atoms in total. The first kappa shape index (κ1) is 5.28. The molecule has 0 bridgehead atoms. The van der Waals surface area contributed by atoms with Gasteiger partial charge in [0.2, 0.25) is 0 Å². The van der Waals surface area contributed by atoms with E-state index in [2.05, 4.69) is 11.3 Å². The topological polar surface area (TPSA) is 17.8 Å². The SMILES string of the molecule is Cc1nn(C)[c]c1F. The fourth-order valence-electron chi connectivity index (χ4n) is 0.517. The van der Waals surface area contributed by atoms with Gasteiger partial charge in [0, 0.05) is 7.05 Å². The van der Waals surface area contributed by atoms with Crippen LogP contribution in [0.2, 0.25) is 0 Å². The summed E-state index contributed by atoms with van der Waals surface area (Å²) in [5.41, 5.74) is 0.396. The van der Waals surface area contributed by atoms with Gasteiger partial charge in [-0.25, -0.2) is 4.39 Å². The van der Waals surface area contributed by atoms with Gasteiger partial charge in [0.15, 0.2) is 5.82 Å². The molecule has 8 heavy (non-hydrogen) atoms. The molecule has 1 radical (unpaired) electrons. The van der Waals surface area contributed by atoms with E-state index in [4.69, 9.17) is 0 Å². The molecule has 0 unspecified atom stereocenters.